The van der Waals surface area contributed by atoms with E-state index in [-0.39, 0.29) is 6.04 Å². The van der Waals surface area contributed by atoms with Gasteiger partial charge in [0.05, 0.1) is 13.7 Å². The summed E-state index contributed by atoms with van der Waals surface area (Å²) in [4.78, 5) is 2.30. The summed E-state index contributed by atoms with van der Waals surface area (Å²) in [6.45, 7) is 4.46. The summed E-state index contributed by atoms with van der Waals surface area (Å²) >= 11 is 0. The van der Waals surface area contributed by atoms with Crippen LogP contribution in [-0.2, 0) is 11.2 Å². The zero-order valence-electron chi connectivity index (χ0n) is 12.1. The summed E-state index contributed by atoms with van der Waals surface area (Å²) in [5.41, 5.74) is 8.93. The predicted octanol–water partition coefficient (Wildman–Crippen LogP) is 1.59. The summed E-state index contributed by atoms with van der Waals surface area (Å²) in [5.74, 6) is 0.881. The van der Waals surface area contributed by atoms with Crippen molar-refractivity contribution in [3.63, 3.8) is 0 Å². The Kier molecular flexibility index (Phi) is 4.80. The molecule has 19 heavy (non-hydrogen) atoms. The normalized spacial score (nSPS) is 21.7. The predicted molar refractivity (Wildman–Crippen MR) is 76.5 cm³/mol. The van der Waals surface area contributed by atoms with Gasteiger partial charge in [-0.1, -0.05) is 6.07 Å². The SMILES string of the molecule is CCOCCN(C)C1Cc2ccc(OC)cc2C1N. The first-order chi connectivity index (χ1) is 9.17. The molecule has 106 valence electrons. The first-order valence-corrected chi connectivity index (χ1v) is 6.87. The molecule has 2 rings (SSSR count). The molecule has 0 saturated heterocycles. The van der Waals surface area contributed by atoms with E-state index in [4.69, 9.17) is 15.2 Å². The molecular formula is C15H24N2O2. The van der Waals surface area contributed by atoms with Crippen LogP contribution in [0.3, 0.4) is 0 Å². The van der Waals surface area contributed by atoms with Gasteiger partial charge in [0.1, 0.15) is 5.75 Å². The number of rotatable bonds is 6. The Morgan fingerprint density at radius 1 is 1.42 bits per heavy atom. The Bertz CT molecular complexity index is 423. The maximum Gasteiger partial charge on any atom is 0.119 e. The van der Waals surface area contributed by atoms with Crippen molar-refractivity contribution in [2.45, 2.75) is 25.4 Å². The molecule has 1 aromatic carbocycles. The van der Waals surface area contributed by atoms with E-state index < -0.39 is 0 Å². The van der Waals surface area contributed by atoms with Crippen LogP contribution in [0.25, 0.3) is 0 Å². The van der Waals surface area contributed by atoms with Gasteiger partial charge in [0.15, 0.2) is 0 Å². The van der Waals surface area contributed by atoms with Gasteiger partial charge in [0.2, 0.25) is 0 Å². The highest BCUT2D eigenvalue weighted by Crippen LogP contribution is 2.34. The van der Waals surface area contributed by atoms with E-state index in [0.29, 0.717) is 6.04 Å². The molecule has 0 spiro atoms. The van der Waals surface area contributed by atoms with E-state index in [1.807, 2.05) is 13.0 Å². The average Bonchev–Trinajstić information content (AvgIpc) is 2.76. The summed E-state index contributed by atoms with van der Waals surface area (Å²) < 4.78 is 10.7. The van der Waals surface area contributed by atoms with Crippen molar-refractivity contribution in [1.29, 1.82) is 0 Å². The minimum atomic E-state index is 0.0525. The van der Waals surface area contributed by atoms with E-state index >= 15 is 0 Å². The van der Waals surface area contributed by atoms with Gasteiger partial charge in [-0.05, 0) is 43.7 Å². The molecule has 1 aromatic rings. The second kappa shape index (κ2) is 6.37. The van der Waals surface area contributed by atoms with Crippen LogP contribution in [0.2, 0.25) is 0 Å². The molecule has 2 unspecified atom stereocenters. The molecular weight excluding hydrogens is 240 g/mol. The molecule has 0 radical (unpaired) electrons. The molecule has 0 amide bonds. The molecule has 0 bridgehead atoms. The lowest BCUT2D eigenvalue weighted by atomic mass is 10.1. The van der Waals surface area contributed by atoms with E-state index in [9.17, 15) is 0 Å². The number of hydrogen-bond acceptors (Lipinski definition) is 4. The molecule has 0 aromatic heterocycles. The van der Waals surface area contributed by atoms with E-state index in [1.165, 1.54) is 11.1 Å². The molecule has 0 heterocycles. The highest BCUT2D eigenvalue weighted by molar-refractivity contribution is 5.42. The van der Waals surface area contributed by atoms with Gasteiger partial charge in [-0.15, -0.1) is 0 Å². The highest BCUT2D eigenvalue weighted by atomic mass is 16.5. The fraction of sp³-hybridized carbons (Fsp3) is 0.600. The van der Waals surface area contributed by atoms with Gasteiger partial charge >= 0.3 is 0 Å². The van der Waals surface area contributed by atoms with Gasteiger partial charge in [-0.2, -0.15) is 0 Å². The third kappa shape index (κ3) is 3.08. The summed E-state index contributed by atoms with van der Waals surface area (Å²) in [7, 11) is 3.81. The van der Waals surface area contributed by atoms with Gasteiger partial charge in [-0.25, -0.2) is 0 Å². The van der Waals surface area contributed by atoms with Crippen LogP contribution in [-0.4, -0.2) is 44.9 Å². The number of nitrogens with two attached hydrogens (primary N) is 1. The Hall–Kier alpha value is -1.10. The van der Waals surface area contributed by atoms with Crippen molar-refractivity contribution in [2.75, 3.05) is 33.9 Å². The van der Waals surface area contributed by atoms with Crippen LogP contribution in [0.15, 0.2) is 18.2 Å². The van der Waals surface area contributed by atoms with Crippen molar-refractivity contribution in [1.82, 2.24) is 4.90 Å². The fourth-order valence-electron chi connectivity index (χ4n) is 2.70. The summed E-state index contributed by atoms with van der Waals surface area (Å²) in [6.07, 6.45) is 1.00. The van der Waals surface area contributed by atoms with E-state index in [1.54, 1.807) is 7.11 Å². The molecule has 0 aliphatic heterocycles. The maximum atomic E-state index is 6.38. The van der Waals surface area contributed by atoms with Crippen molar-refractivity contribution in [3.8, 4) is 5.75 Å². The van der Waals surface area contributed by atoms with Crippen molar-refractivity contribution in [3.05, 3.63) is 29.3 Å². The average molecular weight is 264 g/mol. The molecule has 0 saturated carbocycles. The maximum absolute atomic E-state index is 6.38. The molecule has 1 aliphatic rings. The smallest absolute Gasteiger partial charge is 0.119 e. The Labute approximate surface area is 115 Å². The van der Waals surface area contributed by atoms with Crippen LogP contribution in [0.4, 0.5) is 0 Å². The molecule has 1 aliphatic carbocycles. The van der Waals surface area contributed by atoms with Crippen molar-refractivity contribution < 1.29 is 9.47 Å². The molecule has 4 nitrogen and oxygen atoms in total. The zero-order chi connectivity index (χ0) is 13.8. The zero-order valence-corrected chi connectivity index (χ0v) is 12.1. The third-order valence-electron chi connectivity index (χ3n) is 3.91. The van der Waals surface area contributed by atoms with Crippen LogP contribution in [0.1, 0.15) is 24.1 Å². The number of fused-ring (bicyclic) bond motifs is 1. The van der Waals surface area contributed by atoms with Gasteiger partial charge in [-0.3, -0.25) is 4.90 Å². The molecule has 0 fully saturated rings. The highest BCUT2D eigenvalue weighted by Gasteiger charge is 2.32. The number of ether oxygens (including phenoxy) is 2. The van der Waals surface area contributed by atoms with Crippen molar-refractivity contribution >= 4 is 0 Å². The third-order valence-corrected chi connectivity index (χ3v) is 3.91. The molecule has 4 heteroatoms. The lowest BCUT2D eigenvalue weighted by molar-refractivity contribution is 0.104. The van der Waals surface area contributed by atoms with Crippen LogP contribution < -0.4 is 10.5 Å². The molecule has 2 N–H and O–H groups in total. The number of benzene rings is 1. The van der Waals surface area contributed by atoms with Crippen LogP contribution in [0.5, 0.6) is 5.75 Å². The van der Waals surface area contributed by atoms with Crippen molar-refractivity contribution in [2.24, 2.45) is 5.73 Å². The lowest BCUT2D eigenvalue weighted by Crippen LogP contribution is -2.40. The quantitative estimate of drug-likeness (QED) is 0.793. The van der Waals surface area contributed by atoms with Gasteiger partial charge in [0.25, 0.3) is 0 Å². The molecule has 2 atom stereocenters. The number of nitrogens with zero attached hydrogens (tertiary/aromatic N) is 1. The van der Waals surface area contributed by atoms with Crippen LogP contribution in [0, 0.1) is 0 Å². The van der Waals surface area contributed by atoms with Gasteiger partial charge in [0, 0.05) is 25.2 Å². The summed E-state index contributed by atoms with van der Waals surface area (Å²) in [5, 5.41) is 0. The second-order valence-corrected chi connectivity index (χ2v) is 5.04. The number of methoxy groups -OCH3 is 1. The van der Waals surface area contributed by atoms with E-state index in [0.717, 1.165) is 31.9 Å². The fourth-order valence-corrected chi connectivity index (χ4v) is 2.70. The topological polar surface area (TPSA) is 47.7 Å². The Balaban J connectivity index is 2.03. The first kappa shape index (κ1) is 14.3. The Morgan fingerprint density at radius 2 is 2.21 bits per heavy atom. The summed E-state index contributed by atoms with van der Waals surface area (Å²) in [6, 6.07) is 6.61. The van der Waals surface area contributed by atoms with Gasteiger partial charge < -0.3 is 15.2 Å². The standard InChI is InChI=1S/C15H24N2O2/c1-4-19-8-7-17(2)14-9-11-5-6-12(18-3)10-13(11)15(14)16/h5-6,10,14-15H,4,7-9,16H2,1-3H3. The minimum Gasteiger partial charge on any atom is -0.497 e. The first-order valence-electron chi connectivity index (χ1n) is 6.87. The lowest BCUT2D eigenvalue weighted by Gasteiger charge is -2.27. The number of hydrogen-bond donors (Lipinski definition) is 1. The monoisotopic (exact) mass is 264 g/mol. The Morgan fingerprint density at radius 3 is 2.89 bits per heavy atom. The van der Waals surface area contributed by atoms with Crippen LogP contribution >= 0.6 is 0 Å². The minimum absolute atomic E-state index is 0.0525. The van der Waals surface area contributed by atoms with E-state index in [2.05, 4.69) is 24.1 Å². The number of likely N-dealkylation sites (N-methyl/N-ethyl adjacent to an activating group) is 1. The largest absolute Gasteiger partial charge is 0.497 e. The second-order valence-electron chi connectivity index (χ2n) is 5.04.